The lowest BCUT2D eigenvalue weighted by atomic mass is 10.1. The zero-order chi connectivity index (χ0) is 16.0. The summed E-state index contributed by atoms with van der Waals surface area (Å²) in [6.07, 6.45) is 2.43. The summed E-state index contributed by atoms with van der Waals surface area (Å²) in [5, 5.41) is 6.75. The van der Waals surface area contributed by atoms with Crippen molar-refractivity contribution in [3.05, 3.63) is 52.1 Å². The van der Waals surface area contributed by atoms with Gasteiger partial charge in [-0.2, -0.15) is 0 Å². The van der Waals surface area contributed by atoms with Gasteiger partial charge in [0.15, 0.2) is 0 Å². The third kappa shape index (κ3) is 2.21. The Hall–Kier alpha value is -2.96. The first-order valence-corrected chi connectivity index (χ1v) is 7.52. The van der Waals surface area contributed by atoms with Gasteiger partial charge in [0, 0.05) is 30.7 Å². The van der Waals surface area contributed by atoms with Gasteiger partial charge >= 0.3 is 6.03 Å². The standard InChI is InChI=1S/C16H17N5O2/c1-20-13-9-21(8-6-11(13)15(22)19-20)16(23)18-12-4-2-3-10-5-7-17-14(10)12/h2-5,7,17H,6,8-9H2,1H3,(H,18,23)(H,19,22). The minimum Gasteiger partial charge on any atom is -0.359 e. The zero-order valence-corrected chi connectivity index (χ0v) is 12.7. The van der Waals surface area contributed by atoms with E-state index in [1.807, 2.05) is 30.5 Å². The zero-order valence-electron chi connectivity index (χ0n) is 12.7. The molecule has 0 atom stereocenters. The molecule has 2 aromatic heterocycles. The largest absolute Gasteiger partial charge is 0.359 e. The quantitative estimate of drug-likeness (QED) is 0.640. The molecule has 1 aliphatic heterocycles. The first kappa shape index (κ1) is 13.7. The molecule has 3 aromatic rings. The van der Waals surface area contributed by atoms with Crippen LogP contribution in [0.2, 0.25) is 0 Å². The van der Waals surface area contributed by atoms with Crippen LogP contribution in [0, 0.1) is 0 Å². The lowest BCUT2D eigenvalue weighted by molar-refractivity contribution is 0.204. The van der Waals surface area contributed by atoms with Gasteiger partial charge in [-0.3, -0.25) is 14.6 Å². The molecule has 7 nitrogen and oxygen atoms in total. The number of H-pyrrole nitrogens is 2. The molecule has 0 radical (unpaired) electrons. The van der Waals surface area contributed by atoms with Gasteiger partial charge in [-0.15, -0.1) is 0 Å². The molecule has 118 valence electrons. The molecule has 0 fully saturated rings. The van der Waals surface area contributed by atoms with Crippen LogP contribution in [0.4, 0.5) is 10.5 Å². The van der Waals surface area contributed by atoms with Crippen molar-refractivity contribution in [2.24, 2.45) is 7.05 Å². The molecule has 7 heteroatoms. The number of aromatic nitrogens is 3. The second-order valence-corrected chi connectivity index (χ2v) is 5.77. The normalized spacial score (nSPS) is 14.0. The summed E-state index contributed by atoms with van der Waals surface area (Å²) < 4.78 is 1.70. The van der Waals surface area contributed by atoms with Crippen molar-refractivity contribution in [3.63, 3.8) is 0 Å². The third-order valence-electron chi connectivity index (χ3n) is 4.38. The number of hydrogen-bond acceptors (Lipinski definition) is 2. The van der Waals surface area contributed by atoms with Crippen LogP contribution < -0.4 is 10.9 Å². The molecular formula is C16H17N5O2. The molecule has 0 spiro atoms. The summed E-state index contributed by atoms with van der Waals surface area (Å²) in [7, 11) is 1.79. The lowest BCUT2D eigenvalue weighted by Crippen LogP contribution is -2.40. The van der Waals surface area contributed by atoms with Crippen LogP contribution in [0.25, 0.3) is 10.9 Å². The Morgan fingerprint density at radius 2 is 2.17 bits per heavy atom. The number of benzene rings is 1. The number of urea groups is 1. The maximum Gasteiger partial charge on any atom is 0.322 e. The van der Waals surface area contributed by atoms with Crippen molar-refractivity contribution in [2.75, 3.05) is 11.9 Å². The summed E-state index contributed by atoms with van der Waals surface area (Å²) in [4.78, 5) is 29.2. The number of aryl methyl sites for hydroxylation is 1. The highest BCUT2D eigenvalue weighted by Crippen LogP contribution is 2.23. The fourth-order valence-electron chi connectivity index (χ4n) is 3.14. The molecule has 1 aliphatic rings. The Labute approximate surface area is 131 Å². The van der Waals surface area contributed by atoms with Crippen LogP contribution in [0.15, 0.2) is 35.3 Å². The topological polar surface area (TPSA) is 85.9 Å². The van der Waals surface area contributed by atoms with E-state index in [1.54, 1.807) is 16.6 Å². The first-order valence-electron chi connectivity index (χ1n) is 7.52. The maximum atomic E-state index is 12.6. The number of aromatic amines is 2. The predicted octanol–water partition coefficient (Wildman–Crippen LogP) is 1.78. The van der Waals surface area contributed by atoms with Crippen molar-refractivity contribution >= 4 is 22.6 Å². The Morgan fingerprint density at radius 1 is 1.30 bits per heavy atom. The van der Waals surface area contributed by atoms with Crippen molar-refractivity contribution in [1.82, 2.24) is 19.7 Å². The van der Waals surface area contributed by atoms with Crippen LogP contribution in [0.5, 0.6) is 0 Å². The number of rotatable bonds is 1. The molecule has 2 amide bonds. The van der Waals surface area contributed by atoms with Crippen molar-refractivity contribution in [2.45, 2.75) is 13.0 Å². The van der Waals surface area contributed by atoms with E-state index in [2.05, 4.69) is 15.4 Å². The van der Waals surface area contributed by atoms with E-state index in [4.69, 9.17) is 0 Å². The lowest BCUT2D eigenvalue weighted by Gasteiger charge is -2.27. The monoisotopic (exact) mass is 311 g/mol. The second kappa shape index (κ2) is 5.05. The van der Waals surface area contributed by atoms with Gasteiger partial charge < -0.3 is 15.2 Å². The number of anilines is 1. The van der Waals surface area contributed by atoms with Gasteiger partial charge in [0.05, 0.1) is 23.4 Å². The summed E-state index contributed by atoms with van der Waals surface area (Å²) in [5.41, 5.74) is 3.26. The molecule has 3 heterocycles. The Morgan fingerprint density at radius 3 is 3.04 bits per heavy atom. The highest BCUT2D eigenvalue weighted by Gasteiger charge is 2.25. The number of para-hydroxylation sites is 1. The summed E-state index contributed by atoms with van der Waals surface area (Å²) in [5.74, 6) is 0. The summed E-state index contributed by atoms with van der Waals surface area (Å²) in [6, 6.07) is 7.58. The molecular weight excluding hydrogens is 294 g/mol. The Bertz CT molecular complexity index is 949. The molecule has 0 unspecified atom stereocenters. The van der Waals surface area contributed by atoms with Crippen LogP contribution in [0.3, 0.4) is 0 Å². The van der Waals surface area contributed by atoms with E-state index in [1.165, 1.54) is 0 Å². The van der Waals surface area contributed by atoms with E-state index < -0.39 is 0 Å². The minimum atomic E-state index is -0.161. The van der Waals surface area contributed by atoms with E-state index in [0.29, 0.717) is 19.5 Å². The second-order valence-electron chi connectivity index (χ2n) is 5.77. The summed E-state index contributed by atoms with van der Waals surface area (Å²) >= 11 is 0. The van der Waals surface area contributed by atoms with Gasteiger partial charge in [0.1, 0.15) is 0 Å². The van der Waals surface area contributed by atoms with Crippen LogP contribution >= 0.6 is 0 Å². The van der Waals surface area contributed by atoms with E-state index >= 15 is 0 Å². The number of amides is 2. The van der Waals surface area contributed by atoms with E-state index in [-0.39, 0.29) is 11.6 Å². The van der Waals surface area contributed by atoms with Gasteiger partial charge in [0.25, 0.3) is 5.56 Å². The van der Waals surface area contributed by atoms with Crippen molar-refractivity contribution in [3.8, 4) is 0 Å². The number of carbonyl (C=O) groups excluding carboxylic acids is 1. The number of fused-ring (bicyclic) bond motifs is 2. The molecule has 1 aromatic carbocycles. The number of carbonyl (C=O) groups is 1. The molecule has 4 rings (SSSR count). The smallest absolute Gasteiger partial charge is 0.322 e. The molecule has 0 saturated carbocycles. The van der Waals surface area contributed by atoms with Gasteiger partial charge in [0.2, 0.25) is 0 Å². The van der Waals surface area contributed by atoms with Crippen LogP contribution in [0.1, 0.15) is 11.3 Å². The average Bonchev–Trinajstić information content (AvgIpc) is 3.13. The third-order valence-corrected chi connectivity index (χ3v) is 4.38. The van der Waals surface area contributed by atoms with Crippen LogP contribution in [-0.4, -0.2) is 32.2 Å². The molecule has 0 saturated heterocycles. The maximum absolute atomic E-state index is 12.6. The SMILES string of the molecule is Cn1[nH]c(=O)c2c1CN(C(=O)Nc1cccc3cc[nH]c13)CC2. The van der Waals surface area contributed by atoms with Crippen molar-refractivity contribution in [1.29, 1.82) is 0 Å². The van der Waals surface area contributed by atoms with E-state index in [9.17, 15) is 9.59 Å². The molecule has 0 aliphatic carbocycles. The average molecular weight is 311 g/mol. The number of nitrogens with one attached hydrogen (secondary N) is 3. The van der Waals surface area contributed by atoms with Crippen molar-refractivity contribution < 1.29 is 4.79 Å². The fraction of sp³-hybridized carbons (Fsp3) is 0.250. The van der Waals surface area contributed by atoms with Crippen LogP contribution in [-0.2, 0) is 20.0 Å². The number of nitrogens with zero attached hydrogens (tertiary/aromatic N) is 2. The van der Waals surface area contributed by atoms with Gasteiger partial charge in [-0.1, -0.05) is 12.1 Å². The number of hydrogen-bond donors (Lipinski definition) is 3. The first-order chi connectivity index (χ1) is 11.1. The minimum absolute atomic E-state index is 0.0567. The highest BCUT2D eigenvalue weighted by molar-refractivity contribution is 5.99. The predicted molar refractivity (Wildman–Crippen MR) is 87.5 cm³/mol. The molecule has 0 bridgehead atoms. The molecule has 23 heavy (non-hydrogen) atoms. The molecule has 3 N–H and O–H groups in total. The van der Waals surface area contributed by atoms with Gasteiger partial charge in [-0.05, 0) is 18.6 Å². The fourth-order valence-corrected chi connectivity index (χ4v) is 3.14. The summed E-state index contributed by atoms with van der Waals surface area (Å²) in [6.45, 7) is 0.962. The van der Waals surface area contributed by atoms with Gasteiger partial charge in [-0.25, -0.2) is 4.79 Å². The Kier molecular flexibility index (Phi) is 3.00. The highest BCUT2D eigenvalue weighted by atomic mass is 16.2. The Balaban J connectivity index is 1.57. The van der Waals surface area contributed by atoms with E-state index in [0.717, 1.165) is 27.8 Å².